The highest BCUT2D eigenvalue weighted by molar-refractivity contribution is 6.31. The second kappa shape index (κ2) is 7.30. The Morgan fingerprint density at radius 2 is 2.18 bits per heavy atom. The Bertz CT molecular complexity index is 368. The Morgan fingerprint density at radius 3 is 2.76 bits per heavy atom. The lowest BCUT2D eigenvalue weighted by Gasteiger charge is -2.14. The number of nitrogens with one attached hydrogen (secondary N) is 1. The first-order chi connectivity index (χ1) is 8.15. The summed E-state index contributed by atoms with van der Waals surface area (Å²) in [4.78, 5) is 11.0. The maximum atomic E-state index is 11.0. The number of carboxylic acid groups (broad SMARTS) is 1. The van der Waals surface area contributed by atoms with Crippen molar-refractivity contribution >= 4 is 17.6 Å². The van der Waals surface area contributed by atoms with Gasteiger partial charge in [0.2, 0.25) is 0 Å². The molecule has 2 N–H and O–H groups in total. The summed E-state index contributed by atoms with van der Waals surface area (Å²) in [5, 5.41) is 12.7. The molecule has 0 radical (unpaired) electrons. The zero-order valence-electron chi connectivity index (χ0n) is 9.95. The average molecular weight is 256 g/mol. The number of rotatable bonds is 7. The summed E-state index contributed by atoms with van der Waals surface area (Å²) in [5.41, 5.74) is 0.928. The van der Waals surface area contributed by atoms with Crippen molar-refractivity contribution in [2.45, 2.75) is 38.8 Å². The first kappa shape index (κ1) is 14.0. The van der Waals surface area contributed by atoms with Crippen LogP contribution in [0.4, 0.5) is 0 Å². The van der Waals surface area contributed by atoms with Crippen LogP contribution in [0.25, 0.3) is 0 Å². The van der Waals surface area contributed by atoms with E-state index in [0.29, 0.717) is 18.0 Å². The molecule has 94 valence electrons. The number of hydrogen-bond donors (Lipinski definition) is 2. The number of unbranched alkanes of at least 4 members (excludes halogenated alkanes) is 1. The summed E-state index contributed by atoms with van der Waals surface area (Å²) in [6.07, 6.45) is 2.56. The topological polar surface area (TPSA) is 49.3 Å². The minimum absolute atomic E-state index is 0.486. The SMILES string of the molecule is CCCCC(NCc1ccccc1Cl)C(=O)O. The Balaban J connectivity index is 2.52. The van der Waals surface area contributed by atoms with Gasteiger partial charge in [0.25, 0.3) is 0 Å². The monoisotopic (exact) mass is 255 g/mol. The number of hydrogen-bond acceptors (Lipinski definition) is 2. The molecule has 1 atom stereocenters. The third kappa shape index (κ3) is 4.75. The molecule has 17 heavy (non-hydrogen) atoms. The van der Waals surface area contributed by atoms with Gasteiger partial charge in [0, 0.05) is 11.6 Å². The van der Waals surface area contributed by atoms with Gasteiger partial charge in [-0.05, 0) is 18.1 Å². The molecule has 0 aliphatic rings. The van der Waals surface area contributed by atoms with E-state index < -0.39 is 12.0 Å². The lowest BCUT2D eigenvalue weighted by atomic mass is 10.1. The first-order valence-electron chi connectivity index (χ1n) is 5.84. The van der Waals surface area contributed by atoms with Crippen LogP contribution in [0, 0.1) is 0 Å². The van der Waals surface area contributed by atoms with E-state index in [0.717, 1.165) is 18.4 Å². The molecule has 0 saturated carbocycles. The van der Waals surface area contributed by atoms with Crippen molar-refractivity contribution in [3.8, 4) is 0 Å². The summed E-state index contributed by atoms with van der Waals surface area (Å²) >= 11 is 6.00. The molecule has 0 amide bonds. The van der Waals surface area contributed by atoms with Crippen LogP contribution < -0.4 is 5.32 Å². The van der Waals surface area contributed by atoms with Gasteiger partial charge in [-0.1, -0.05) is 49.6 Å². The van der Waals surface area contributed by atoms with Crippen LogP contribution in [-0.2, 0) is 11.3 Å². The van der Waals surface area contributed by atoms with E-state index in [4.69, 9.17) is 16.7 Å². The zero-order valence-corrected chi connectivity index (χ0v) is 10.7. The van der Waals surface area contributed by atoms with E-state index in [-0.39, 0.29) is 0 Å². The van der Waals surface area contributed by atoms with Crippen LogP contribution in [0.15, 0.2) is 24.3 Å². The lowest BCUT2D eigenvalue weighted by Crippen LogP contribution is -2.36. The normalized spacial score (nSPS) is 12.4. The van der Waals surface area contributed by atoms with E-state index in [9.17, 15) is 4.79 Å². The molecule has 1 aromatic rings. The van der Waals surface area contributed by atoms with Gasteiger partial charge >= 0.3 is 5.97 Å². The third-order valence-corrected chi connectivity index (χ3v) is 3.01. The van der Waals surface area contributed by atoms with E-state index >= 15 is 0 Å². The largest absolute Gasteiger partial charge is 0.480 e. The summed E-state index contributed by atoms with van der Waals surface area (Å²) in [6, 6.07) is 6.96. The number of carboxylic acids is 1. The predicted octanol–water partition coefficient (Wildman–Crippen LogP) is 3.07. The zero-order chi connectivity index (χ0) is 12.7. The molecule has 0 aliphatic heterocycles. The molecule has 4 heteroatoms. The Hall–Kier alpha value is -1.06. The maximum Gasteiger partial charge on any atom is 0.320 e. The smallest absolute Gasteiger partial charge is 0.320 e. The fourth-order valence-electron chi connectivity index (χ4n) is 1.60. The highest BCUT2D eigenvalue weighted by atomic mass is 35.5. The van der Waals surface area contributed by atoms with Crippen molar-refractivity contribution < 1.29 is 9.90 Å². The quantitative estimate of drug-likeness (QED) is 0.787. The van der Waals surface area contributed by atoms with Crippen LogP contribution in [0.5, 0.6) is 0 Å². The lowest BCUT2D eigenvalue weighted by molar-refractivity contribution is -0.139. The van der Waals surface area contributed by atoms with E-state index in [2.05, 4.69) is 5.32 Å². The molecule has 0 saturated heterocycles. The van der Waals surface area contributed by atoms with Crippen molar-refractivity contribution in [2.75, 3.05) is 0 Å². The maximum absolute atomic E-state index is 11.0. The van der Waals surface area contributed by atoms with Crippen LogP contribution in [0.3, 0.4) is 0 Å². The second-order valence-corrected chi connectivity index (χ2v) is 4.41. The van der Waals surface area contributed by atoms with E-state index in [1.165, 1.54) is 0 Å². The fourth-order valence-corrected chi connectivity index (χ4v) is 1.80. The van der Waals surface area contributed by atoms with Gasteiger partial charge < -0.3 is 10.4 Å². The molecule has 0 heterocycles. The first-order valence-corrected chi connectivity index (χ1v) is 6.22. The van der Waals surface area contributed by atoms with Crippen molar-refractivity contribution in [1.29, 1.82) is 0 Å². The van der Waals surface area contributed by atoms with Gasteiger partial charge in [-0.2, -0.15) is 0 Å². The third-order valence-electron chi connectivity index (χ3n) is 2.64. The molecule has 0 spiro atoms. The minimum Gasteiger partial charge on any atom is -0.480 e. The predicted molar refractivity (Wildman–Crippen MR) is 69.2 cm³/mol. The highest BCUT2D eigenvalue weighted by Crippen LogP contribution is 2.15. The summed E-state index contributed by atoms with van der Waals surface area (Å²) in [5.74, 6) is -0.800. The van der Waals surface area contributed by atoms with Crippen LogP contribution in [-0.4, -0.2) is 17.1 Å². The van der Waals surface area contributed by atoms with Crippen LogP contribution in [0.2, 0.25) is 5.02 Å². The van der Waals surface area contributed by atoms with E-state index in [1.54, 1.807) is 6.07 Å². The number of benzene rings is 1. The molecule has 0 fully saturated rings. The van der Waals surface area contributed by atoms with Gasteiger partial charge in [-0.25, -0.2) is 0 Å². The molecule has 0 bridgehead atoms. The summed E-state index contributed by atoms with van der Waals surface area (Å²) in [6.45, 7) is 2.54. The second-order valence-electron chi connectivity index (χ2n) is 4.01. The fraction of sp³-hybridized carbons (Fsp3) is 0.462. The van der Waals surface area contributed by atoms with E-state index in [1.807, 2.05) is 25.1 Å². The van der Waals surface area contributed by atoms with Crippen molar-refractivity contribution in [1.82, 2.24) is 5.32 Å². The molecule has 0 aliphatic carbocycles. The van der Waals surface area contributed by atoms with Gasteiger partial charge in [-0.15, -0.1) is 0 Å². The molecular weight excluding hydrogens is 238 g/mol. The molecule has 1 rings (SSSR count). The summed E-state index contributed by atoms with van der Waals surface area (Å²) < 4.78 is 0. The minimum atomic E-state index is -0.800. The van der Waals surface area contributed by atoms with Gasteiger partial charge in [0.1, 0.15) is 6.04 Å². The average Bonchev–Trinajstić information content (AvgIpc) is 2.31. The van der Waals surface area contributed by atoms with Crippen LogP contribution >= 0.6 is 11.6 Å². The molecule has 1 aromatic carbocycles. The number of aliphatic carboxylic acids is 1. The standard InChI is InChI=1S/C13H18ClNO2/c1-2-3-8-12(13(16)17)15-9-10-6-4-5-7-11(10)14/h4-7,12,15H,2-3,8-9H2,1H3,(H,16,17). The van der Waals surface area contributed by atoms with Crippen molar-refractivity contribution in [2.24, 2.45) is 0 Å². The molecule has 3 nitrogen and oxygen atoms in total. The number of halogens is 1. The number of carbonyl (C=O) groups is 1. The highest BCUT2D eigenvalue weighted by Gasteiger charge is 2.15. The van der Waals surface area contributed by atoms with Crippen molar-refractivity contribution in [3.63, 3.8) is 0 Å². The Labute approximate surface area is 107 Å². The van der Waals surface area contributed by atoms with Crippen LogP contribution in [0.1, 0.15) is 31.7 Å². The van der Waals surface area contributed by atoms with Gasteiger partial charge in [0.15, 0.2) is 0 Å². The Morgan fingerprint density at radius 1 is 1.47 bits per heavy atom. The molecular formula is C13H18ClNO2. The Kier molecular flexibility index (Phi) is 6.01. The van der Waals surface area contributed by atoms with Crippen molar-refractivity contribution in [3.05, 3.63) is 34.9 Å². The molecule has 0 aromatic heterocycles. The summed E-state index contributed by atoms with van der Waals surface area (Å²) in [7, 11) is 0. The van der Waals surface area contributed by atoms with Gasteiger partial charge in [-0.3, -0.25) is 4.79 Å². The van der Waals surface area contributed by atoms with Gasteiger partial charge in [0.05, 0.1) is 0 Å². The molecule has 1 unspecified atom stereocenters.